The van der Waals surface area contributed by atoms with Crippen molar-refractivity contribution in [2.75, 3.05) is 0 Å². The van der Waals surface area contributed by atoms with Gasteiger partial charge in [-0.15, -0.1) is 6.58 Å². The van der Waals surface area contributed by atoms with Gasteiger partial charge in [0.1, 0.15) is 5.75 Å². The number of aryl methyl sites for hydroxylation is 1. The number of rotatable bonds is 9. The predicted octanol–water partition coefficient (Wildman–Crippen LogP) is 8.71. The molecule has 4 rings (SSSR count). The second kappa shape index (κ2) is 12.8. The number of benzene rings is 1. The molecular formula is C32H46O2. The first-order valence-corrected chi connectivity index (χ1v) is 14.2. The molecule has 0 spiro atoms. The molecule has 0 saturated heterocycles. The molecule has 0 amide bonds. The number of carbonyl (C=O) groups is 1. The van der Waals surface area contributed by atoms with Crippen LogP contribution in [-0.2, 0) is 11.2 Å². The van der Waals surface area contributed by atoms with Crippen LogP contribution in [0.2, 0.25) is 0 Å². The summed E-state index contributed by atoms with van der Waals surface area (Å²) in [5, 5.41) is 0. The first-order chi connectivity index (χ1) is 16.7. The molecule has 0 radical (unpaired) electrons. The zero-order valence-corrected chi connectivity index (χ0v) is 21.4. The minimum atomic E-state index is -0.0123. The van der Waals surface area contributed by atoms with E-state index in [0.29, 0.717) is 5.75 Å². The molecule has 3 fully saturated rings. The van der Waals surface area contributed by atoms with Crippen molar-refractivity contribution in [3.8, 4) is 5.75 Å². The van der Waals surface area contributed by atoms with Gasteiger partial charge in [0.05, 0.1) is 5.92 Å². The van der Waals surface area contributed by atoms with E-state index >= 15 is 0 Å². The van der Waals surface area contributed by atoms with Crippen molar-refractivity contribution in [1.82, 2.24) is 0 Å². The third-order valence-electron chi connectivity index (χ3n) is 9.29. The van der Waals surface area contributed by atoms with Gasteiger partial charge in [-0.3, -0.25) is 4.79 Å². The number of esters is 1. The quantitative estimate of drug-likeness (QED) is 0.208. The van der Waals surface area contributed by atoms with E-state index in [9.17, 15) is 4.79 Å². The molecule has 3 saturated carbocycles. The molecule has 0 bridgehead atoms. The van der Waals surface area contributed by atoms with Gasteiger partial charge in [0.2, 0.25) is 0 Å². The van der Waals surface area contributed by atoms with Crippen molar-refractivity contribution in [2.45, 2.75) is 96.8 Å². The average Bonchev–Trinajstić information content (AvgIpc) is 2.88. The number of hydrogen-bond acceptors (Lipinski definition) is 2. The average molecular weight is 463 g/mol. The number of carbonyl (C=O) groups excluding carboxylic acids is 1. The minimum Gasteiger partial charge on any atom is -0.426 e. The van der Waals surface area contributed by atoms with Gasteiger partial charge in [-0.1, -0.05) is 36.8 Å². The molecule has 1 aromatic rings. The van der Waals surface area contributed by atoms with Crippen molar-refractivity contribution < 1.29 is 9.53 Å². The lowest BCUT2D eigenvalue weighted by Crippen LogP contribution is -2.35. The van der Waals surface area contributed by atoms with Crippen molar-refractivity contribution in [3.63, 3.8) is 0 Å². The monoisotopic (exact) mass is 462 g/mol. The van der Waals surface area contributed by atoms with Crippen LogP contribution in [0.4, 0.5) is 0 Å². The lowest BCUT2D eigenvalue weighted by atomic mass is 9.60. The molecule has 1 aromatic carbocycles. The van der Waals surface area contributed by atoms with Gasteiger partial charge < -0.3 is 4.74 Å². The van der Waals surface area contributed by atoms with Crippen molar-refractivity contribution in [1.29, 1.82) is 0 Å². The van der Waals surface area contributed by atoms with Crippen LogP contribution < -0.4 is 4.74 Å². The number of ether oxygens (including phenoxy) is 1. The highest BCUT2D eigenvalue weighted by Gasteiger charge is 2.39. The molecule has 0 heterocycles. The Bertz CT molecular complexity index is 799. The van der Waals surface area contributed by atoms with Gasteiger partial charge in [0.15, 0.2) is 0 Å². The summed E-state index contributed by atoms with van der Waals surface area (Å²) in [6.45, 7) is 5.96. The van der Waals surface area contributed by atoms with Crippen LogP contribution in [0, 0.1) is 35.5 Å². The summed E-state index contributed by atoms with van der Waals surface area (Å²) in [5.41, 5.74) is 1.29. The SMILES string of the molecule is C=CCCC1CCC2CC(C3CCC(C(=O)Oc4ccc(CC/C=C/C)cc4)CC3)CCC2C1. The van der Waals surface area contributed by atoms with Gasteiger partial charge in [-0.05, 0) is 138 Å². The maximum absolute atomic E-state index is 12.8. The second-order valence-electron chi connectivity index (χ2n) is 11.4. The Morgan fingerprint density at radius 2 is 1.53 bits per heavy atom. The summed E-state index contributed by atoms with van der Waals surface area (Å²) >= 11 is 0. The van der Waals surface area contributed by atoms with E-state index in [1.165, 1.54) is 69.8 Å². The molecular weight excluding hydrogens is 416 g/mol. The molecule has 4 atom stereocenters. The fourth-order valence-electron chi connectivity index (χ4n) is 7.23. The molecule has 186 valence electrons. The fraction of sp³-hybridized carbons (Fsp3) is 0.656. The molecule has 3 aliphatic rings. The Morgan fingerprint density at radius 3 is 2.24 bits per heavy atom. The molecule has 0 aromatic heterocycles. The highest BCUT2D eigenvalue weighted by Crippen LogP contribution is 2.49. The summed E-state index contributed by atoms with van der Waals surface area (Å²) in [6.07, 6.45) is 24.2. The van der Waals surface area contributed by atoms with E-state index in [-0.39, 0.29) is 11.9 Å². The van der Waals surface area contributed by atoms with Crippen LogP contribution in [0.3, 0.4) is 0 Å². The van der Waals surface area contributed by atoms with Gasteiger partial charge in [-0.2, -0.15) is 0 Å². The third-order valence-corrected chi connectivity index (χ3v) is 9.29. The highest BCUT2D eigenvalue weighted by molar-refractivity contribution is 5.75. The van der Waals surface area contributed by atoms with Gasteiger partial charge in [-0.25, -0.2) is 0 Å². The number of hydrogen-bond donors (Lipinski definition) is 0. The predicted molar refractivity (Wildman–Crippen MR) is 142 cm³/mol. The lowest BCUT2D eigenvalue weighted by Gasteiger charge is -2.45. The molecule has 34 heavy (non-hydrogen) atoms. The maximum atomic E-state index is 12.8. The Kier molecular flexibility index (Phi) is 9.48. The van der Waals surface area contributed by atoms with Gasteiger partial charge >= 0.3 is 5.97 Å². The molecule has 2 heteroatoms. The zero-order chi connectivity index (χ0) is 23.8. The maximum Gasteiger partial charge on any atom is 0.314 e. The van der Waals surface area contributed by atoms with Crippen molar-refractivity contribution >= 4 is 5.97 Å². The Hall–Kier alpha value is -1.83. The van der Waals surface area contributed by atoms with E-state index in [1.54, 1.807) is 0 Å². The third kappa shape index (κ3) is 6.86. The smallest absolute Gasteiger partial charge is 0.314 e. The molecule has 0 N–H and O–H groups in total. The van der Waals surface area contributed by atoms with E-state index in [2.05, 4.69) is 43.9 Å². The summed E-state index contributed by atoms with van der Waals surface area (Å²) < 4.78 is 5.76. The normalized spacial score (nSPS) is 31.7. The summed E-state index contributed by atoms with van der Waals surface area (Å²) in [5.74, 6) is 5.42. The second-order valence-corrected chi connectivity index (χ2v) is 11.4. The van der Waals surface area contributed by atoms with E-state index in [4.69, 9.17) is 4.74 Å². The molecule has 0 aliphatic heterocycles. The Labute approximate surface area is 208 Å². The summed E-state index contributed by atoms with van der Waals surface area (Å²) in [4.78, 5) is 12.8. The van der Waals surface area contributed by atoms with Crippen molar-refractivity contribution in [3.05, 3.63) is 54.6 Å². The Morgan fingerprint density at radius 1 is 0.882 bits per heavy atom. The Balaban J connectivity index is 1.19. The van der Waals surface area contributed by atoms with Crippen LogP contribution >= 0.6 is 0 Å². The first-order valence-electron chi connectivity index (χ1n) is 14.2. The standard InChI is InChI=1S/C32H46O2/c1-3-5-7-9-24-11-20-31(21-12-24)34-32(33)27-16-14-26(15-17-27)29-19-18-28-22-25(8-6-4-2)10-13-30(28)23-29/h3-5,11-12,20-21,25-30H,2,6-10,13-19,22-23H2,1H3/b5-3+. The minimum absolute atomic E-state index is 0.0123. The van der Waals surface area contributed by atoms with Gasteiger partial charge in [0, 0.05) is 0 Å². The van der Waals surface area contributed by atoms with Crippen LogP contribution in [0.25, 0.3) is 0 Å². The van der Waals surface area contributed by atoms with E-state index in [1.807, 2.05) is 12.1 Å². The van der Waals surface area contributed by atoms with Crippen molar-refractivity contribution in [2.24, 2.45) is 35.5 Å². The first kappa shape index (κ1) is 25.3. The molecule has 3 aliphatic carbocycles. The van der Waals surface area contributed by atoms with Crippen LogP contribution in [0.1, 0.15) is 96.0 Å². The largest absolute Gasteiger partial charge is 0.426 e. The topological polar surface area (TPSA) is 26.3 Å². The molecule has 4 unspecified atom stereocenters. The van der Waals surface area contributed by atoms with Crippen LogP contribution in [-0.4, -0.2) is 5.97 Å². The lowest BCUT2D eigenvalue weighted by molar-refractivity contribution is -0.140. The highest BCUT2D eigenvalue weighted by atomic mass is 16.5. The number of allylic oxidation sites excluding steroid dienone is 3. The molecule has 2 nitrogen and oxygen atoms in total. The zero-order valence-electron chi connectivity index (χ0n) is 21.4. The van der Waals surface area contributed by atoms with E-state index < -0.39 is 0 Å². The fourth-order valence-corrected chi connectivity index (χ4v) is 7.23. The van der Waals surface area contributed by atoms with Crippen LogP contribution in [0.15, 0.2) is 49.1 Å². The van der Waals surface area contributed by atoms with E-state index in [0.717, 1.165) is 55.3 Å². The summed E-state index contributed by atoms with van der Waals surface area (Å²) in [6, 6.07) is 8.09. The van der Waals surface area contributed by atoms with Crippen LogP contribution in [0.5, 0.6) is 5.75 Å². The number of fused-ring (bicyclic) bond motifs is 1. The summed E-state index contributed by atoms with van der Waals surface area (Å²) in [7, 11) is 0. The van der Waals surface area contributed by atoms with Gasteiger partial charge in [0.25, 0.3) is 0 Å².